The minimum absolute atomic E-state index is 0. The molecule has 17 N–H and O–H groups in total. The van der Waals surface area contributed by atoms with E-state index in [2.05, 4.69) is 10.2 Å². The van der Waals surface area contributed by atoms with Crippen molar-refractivity contribution >= 4 is 65.4 Å². The van der Waals surface area contributed by atoms with Crippen molar-refractivity contribution in [2.75, 3.05) is 0 Å². The van der Waals surface area contributed by atoms with Gasteiger partial charge in [0.2, 0.25) is 0 Å². The molecule has 204 valence electrons. The summed E-state index contributed by atoms with van der Waals surface area (Å²) < 4.78 is 66.8. The molecule has 0 aromatic heterocycles. The molecule has 0 aliphatic heterocycles. The molecule has 0 atom stereocenters. The molecule has 3 rings (SSSR count). The minimum Gasteiger partial charge on any atom is -0.871 e. The summed E-state index contributed by atoms with van der Waals surface area (Å²) in [5, 5.41) is 19.4. The molecule has 20 heteroatoms. The topological polar surface area (TPSA) is 411 Å². The van der Waals surface area contributed by atoms with E-state index in [1.54, 1.807) is 30.3 Å². The van der Waals surface area contributed by atoms with Crippen LogP contribution in [0.25, 0.3) is 10.8 Å². The van der Waals surface area contributed by atoms with E-state index in [9.17, 15) is 31.0 Å². The minimum atomic E-state index is -5.01. The van der Waals surface area contributed by atoms with Crippen molar-refractivity contribution in [1.82, 2.24) is 0 Å². The number of fused-ring (bicyclic) bond motifs is 1. The standard InChI is InChI=1S/C16H12N2O7S2.Mg.8H2O/c19-13-7-6-10-8-12(26(20,21)22)9-14(27(23,24)25)15(10)16(13)18-17-11-4-2-1-3-5-11;;;;;;;;;/h1-9,19H,(H,20,21,22)(H,23,24,25);;8*1H2/q;+2;;;;;;;;/p-2. The van der Waals surface area contributed by atoms with E-state index in [1.165, 1.54) is 0 Å². The second-order valence-electron chi connectivity index (χ2n) is 5.40. The number of hydrogen-bond acceptors (Lipinski definition) is 8. The van der Waals surface area contributed by atoms with E-state index in [1.807, 2.05) is 0 Å². The van der Waals surface area contributed by atoms with E-state index >= 15 is 0 Å². The smallest absolute Gasteiger partial charge is 0.871 e. The second kappa shape index (κ2) is 18.8. The number of hydrogen-bond donors (Lipinski definition) is 1. The largest absolute Gasteiger partial charge is 2.00 e. The molecular formula is C16H26MgN2O15S2. The number of benzene rings is 3. The molecule has 36 heavy (non-hydrogen) atoms. The first-order valence-electron chi connectivity index (χ1n) is 7.25. The molecule has 0 aliphatic rings. The average molecular weight is 575 g/mol. The summed E-state index contributed by atoms with van der Waals surface area (Å²) in [4.78, 5) is -1.79. The molecular weight excluding hydrogens is 549 g/mol. The van der Waals surface area contributed by atoms with Crippen LogP contribution in [-0.2, 0) is 20.2 Å². The van der Waals surface area contributed by atoms with Gasteiger partial charge in [-0.15, -0.1) is 0 Å². The zero-order chi connectivity index (χ0) is 19.8. The Labute approximate surface area is 220 Å². The molecule has 3 aromatic rings. The predicted molar refractivity (Wildman–Crippen MR) is 126 cm³/mol. The van der Waals surface area contributed by atoms with Crippen LogP contribution in [0.4, 0.5) is 11.4 Å². The second-order valence-corrected chi connectivity index (χ2v) is 8.17. The SMILES string of the molecule is O.O.O.O.O.O.O.O.O=S(=O)([O-])c1cc(S(=O)(=O)O)c2c(N=Nc3ccccc3)c([O-])ccc2c1.[Mg+2]. The van der Waals surface area contributed by atoms with E-state index in [4.69, 9.17) is 0 Å². The van der Waals surface area contributed by atoms with Gasteiger partial charge < -0.3 is 53.5 Å². The summed E-state index contributed by atoms with van der Waals surface area (Å²) in [6, 6.07) is 11.8. The van der Waals surface area contributed by atoms with Gasteiger partial charge in [0, 0.05) is 5.39 Å². The first kappa shape index (κ1) is 50.5. The quantitative estimate of drug-likeness (QED) is 0.180. The van der Waals surface area contributed by atoms with Gasteiger partial charge in [-0.1, -0.05) is 36.1 Å². The average Bonchev–Trinajstić information content (AvgIpc) is 2.59. The van der Waals surface area contributed by atoms with Gasteiger partial charge in [-0.05, 0) is 29.7 Å². The molecule has 0 fully saturated rings. The van der Waals surface area contributed by atoms with Crippen LogP contribution in [0.2, 0.25) is 0 Å². The molecule has 0 heterocycles. The normalized spacial score (nSPS) is 9.50. The van der Waals surface area contributed by atoms with Crippen molar-refractivity contribution in [2.24, 2.45) is 10.2 Å². The Morgan fingerprint density at radius 2 is 1.22 bits per heavy atom. The van der Waals surface area contributed by atoms with Gasteiger partial charge in [-0.2, -0.15) is 18.6 Å². The summed E-state index contributed by atoms with van der Waals surface area (Å²) in [6.45, 7) is 0. The molecule has 17 nitrogen and oxygen atoms in total. The van der Waals surface area contributed by atoms with Gasteiger partial charge in [-0.25, -0.2) is 8.42 Å². The first-order valence-corrected chi connectivity index (χ1v) is 10.1. The molecule has 0 bridgehead atoms. The van der Waals surface area contributed by atoms with E-state index in [0.29, 0.717) is 11.8 Å². The maximum absolute atomic E-state index is 12.2. The van der Waals surface area contributed by atoms with E-state index in [-0.39, 0.29) is 77.6 Å². The maximum atomic E-state index is 12.2. The summed E-state index contributed by atoms with van der Waals surface area (Å²) >= 11 is 0. The molecule has 3 aromatic carbocycles. The Hall–Kier alpha value is -2.41. The molecule has 0 unspecified atom stereocenters. The summed E-state index contributed by atoms with van der Waals surface area (Å²) in [5.41, 5.74) is -0.0418. The monoisotopic (exact) mass is 574 g/mol. The van der Waals surface area contributed by atoms with Crippen LogP contribution in [0.5, 0.6) is 5.75 Å². The predicted octanol–water partition coefficient (Wildman–Crippen LogP) is -4.50. The van der Waals surface area contributed by atoms with Crippen LogP contribution in [-0.4, -0.2) is 92.8 Å². The van der Waals surface area contributed by atoms with E-state index < -0.39 is 41.5 Å². The Morgan fingerprint density at radius 1 is 0.722 bits per heavy atom. The van der Waals surface area contributed by atoms with Crippen molar-refractivity contribution < 1.29 is 74.9 Å². The molecule has 0 radical (unpaired) electrons. The van der Waals surface area contributed by atoms with Crippen molar-refractivity contribution in [2.45, 2.75) is 9.79 Å². The Kier molecular flexibility index (Phi) is 26.3. The fourth-order valence-corrected chi connectivity index (χ4v) is 3.77. The van der Waals surface area contributed by atoms with Gasteiger partial charge in [0.25, 0.3) is 10.1 Å². The van der Waals surface area contributed by atoms with Crippen LogP contribution in [0.15, 0.2) is 74.6 Å². The van der Waals surface area contributed by atoms with Crippen molar-refractivity contribution in [3.63, 3.8) is 0 Å². The van der Waals surface area contributed by atoms with Crippen molar-refractivity contribution in [3.05, 3.63) is 54.6 Å². The Morgan fingerprint density at radius 3 is 1.67 bits per heavy atom. The van der Waals surface area contributed by atoms with Crippen LogP contribution in [0.1, 0.15) is 0 Å². The van der Waals surface area contributed by atoms with Crippen LogP contribution >= 0.6 is 0 Å². The number of rotatable bonds is 4. The Bertz CT molecular complexity index is 1290. The molecule has 0 spiro atoms. The molecule has 0 saturated heterocycles. The Balaban J connectivity index is -0.000000187. The number of nitrogens with zero attached hydrogens (tertiary/aromatic N) is 2. The third-order valence-electron chi connectivity index (χ3n) is 3.58. The van der Waals surface area contributed by atoms with Crippen molar-refractivity contribution in [1.29, 1.82) is 0 Å². The molecule has 0 saturated carbocycles. The number of azo groups is 1. The third kappa shape index (κ3) is 11.1. The van der Waals surface area contributed by atoms with Crippen molar-refractivity contribution in [3.8, 4) is 5.75 Å². The zero-order valence-electron chi connectivity index (χ0n) is 18.0. The fraction of sp³-hybridized carbons (Fsp3) is 0. The maximum Gasteiger partial charge on any atom is 2.00 e. The van der Waals surface area contributed by atoms with Gasteiger partial charge in [0.15, 0.2) is 0 Å². The van der Waals surface area contributed by atoms with Gasteiger partial charge in [-0.3, -0.25) is 4.55 Å². The molecule has 0 amide bonds. The third-order valence-corrected chi connectivity index (χ3v) is 5.27. The first-order chi connectivity index (χ1) is 12.6. The van der Waals surface area contributed by atoms with Gasteiger partial charge in [0.05, 0.1) is 16.3 Å². The van der Waals surface area contributed by atoms with Crippen LogP contribution in [0.3, 0.4) is 0 Å². The zero-order valence-corrected chi connectivity index (χ0v) is 21.1. The summed E-state index contributed by atoms with van der Waals surface area (Å²) in [7, 11) is -9.99. The van der Waals surface area contributed by atoms with Gasteiger partial charge in [0.1, 0.15) is 15.0 Å². The summed E-state index contributed by atoms with van der Waals surface area (Å²) in [5.74, 6) is -0.704. The molecule has 0 aliphatic carbocycles. The fourth-order valence-electron chi connectivity index (χ4n) is 2.41. The van der Waals surface area contributed by atoms with Gasteiger partial charge >= 0.3 is 23.1 Å². The van der Waals surface area contributed by atoms with E-state index in [0.717, 1.165) is 18.2 Å². The summed E-state index contributed by atoms with van der Waals surface area (Å²) in [6.07, 6.45) is 0. The van der Waals surface area contributed by atoms with Crippen LogP contribution in [0, 0.1) is 0 Å². The van der Waals surface area contributed by atoms with Crippen LogP contribution < -0.4 is 5.11 Å².